The molecule has 2 N–H and O–H groups in total. The Hall–Kier alpha value is -2.20. The van der Waals surface area contributed by atoms with Gasteiger partial charge in [0.15, 0.2) is 0 Å². The van der Waals surface area contributed by atoms with Crippen molar-refractivity contribution < 1.29 is 23.2 Å². The summed E-state index contributed by atoms with van der Waals surface area (Å²) < 4.78 is 27.4. The minimum absolute atomic E-state index is 0.184. The van der Waals surface area contributed by atoms with Crippen LogP contribution in [0.15, 0.2) is 47.4 Å². The number of nitro benzene ring substituents is 1. The van der Waals surface area contributed by atoms with Crippen LogP contribution >= 0.6 is 23.2 Å². The van der Waals surface area contributed by atoms with E-state index in [1.807, 2.05) is 0 Å². The molecule has 0 unspecified atom stereocenters. The second-order valence-corrected chi connectivity index (χ2v) is 7.69. The lowest BCUT2D eigenvalue weighted by Crippen LogP contribution is -2.30. The number of hydrogen-bond acceptors (Lipinski definition) is 5. The molecule has 0 saturated carbocycles. The molecular weight excluding hydrogens is 407 g/mol. The number of carboxylic acids is 1. The van der Waals surface area contributed by atoms with E-state index >= 15 is 0 Å². The third-order valence-corrected chi connectivity index (χ3v) is 5.51. The Morgan fingerprint density at radius 2 is 1.85 bits per heavy atom. The molecule has 0 radical (unpaired) electrons. The summed E-state index contributed by atoms with van der Waals surface area (Å²) >= 11 is 11.7. The van der Waals surface area contributed by atoms with Crippen LogP contribution in [0.1, 0.15) is 18.0 Å². The van der Waals surface area contributed by atoms with E-state index in [1.165, 1.54) is 12.1 Å². The smallest absolute Gasteiger partial charge is 0.305 e. The highest BCUT2D eigenvalue weighted by molar-refractivity contribution is 7.89. The third kappa shape index (κ3) is 4.70. The van der Waals surface area contributed by atoms with Crippen LogP contribution in [0.5, 0.6) is 0 Å². The number of carbonyl (C=O) groups is 1. The minimum atomic E-state index is -4.28. The Morgan fingerprint density at radius 1 is 1.19 bits per heavy atom. The Balaban J connectivity index is 2.44. The Kier molecular flexibility index (Phi) is 6.19. The third-order valence-electron chi connectivity index (χ3n) is 3.38. The van der Waals surface area contributed by atoms with Crippen LogP contribution in [0, 0.1) is 10.1 Å². The fourth-order valence-corrected chi connectivity index (χ4v) is 3.89. The maximum Gasteiger partial charge on any atom is 0.305 e. The van der Waals surface area contributed by atoms with Gasteiger partial charge in [0.25, 0.3) is 5.69 Å². The number of carboxylic acid groups (broad SMARTS) is 1. The number of sulfonamides is 1. The average Bonchev–Trinajstić information content (AvgIpc) is 2.54. The number of nitrogens with zero attached hydrogens (tertiary/aromatic N) is 1. The van der Waals surface area contributed by atoms with Crippen LogP contribution in [-0.2, 0) is 14.8 Å². The van der Waals surface area contributed by atoms with Gasteiger partial charge in [0.1, 0.15) is 5.02 Å². The monoisotopic (exact) mass is 418 g/mol. The zero-order chi connectivity index (χ0) is 19.5. The summed E-state index contributed by atoms with van der Waals surface area (Å²) in [7, 11) is -4.28. The summed E-state index contributed by atoms with van der Waals surface area (Å²) in [6, 6.07) is 7.97. The molecule has 0 saturated heterocycles. The van der Waals surface area contributed by atoms with Crippen LogP contribution in [0.25, 0.3) is 0 Å². The normalized spacial score (nSPS) is 12.5. The molecule has 1 atom stereocenters. The fraction of sp³-hybridized carbons (Fsp3) is 0.133. The first-order chi connectivity index (χ1) is 12.1. The summed E-state index contributed by atoms with van der Waals surface area (Å²) in [6.07, 6.45) is -0.571. The van der Waals surface area contributed by atoms with Gasteiger partial charge in [-0.25, -0.2) is 13.1 Å². The first-order valence-corrected chi connectivity index (χ1v) is 9.28. The van der Waals surface area contributed by atoms with Crippen molar-refractivity contribution in [2.24, 2.45) is 0 Å². The zero-order valence-electron chi connectivity index (χ0n) is 12.9. The number of rotatable bonds is 7. The number of nitro groups is 1. The number of nitrogens with one attached hydrogen (secondary N) is 1. The molecule has 0 heterocycles. The van der Waals surface area contributed by atoms with Crippen LogP contribution in [-0.4, -0.2) is 24.4 Å². The van der Waals surface area contributed by atoms with Gasteiger partial charge in [-0.2, -0.15) is 0 Å². The van der Waals surface area contributed by atoms with Gasteiger partial charge in [-0.05, 0) is 23.8 Å². The molecule has 0 aliphatic rings. The number of aliphatic carboxylic acids is 1. The predicted octanol–water partition coefficient (Wildman–Crippen LogP) is 3.40. The zero-order valence-corrected chi connectivity index (χ0v) is 15.3. The topological polar surface area (TPSA) is 127 Å². The van der Waals surface area contributed by atoms with Gasteiger partial charge in [-0.1, -0.05) is 41.4 Å². The van der Waals surface area contributed by atoms with Crippen molar-refractivity contribution in [1.82, 2.24) is 4.72 Å². The molecule has 0 aromatic heterocycles. The van der Waals surface area contributed by atoms with Crippen LogP contribution in [0.4, 0.5) is 5.69 Å². The van der Waals surface area contributed by atoms with Crippen LogP contribution in [0.3, 0.4) is 0 Å². The van der Waals surface area contributed by atoms with Crippen LogP contribution in [0.2, 0.25) is 10.0 Å². The summed E-state index contributed by atoms with van der Waals surface area (Å²) in [5, 5.41) is 20.0. The van der Waals surface area contributed by atoms with Crippen LogP contribution < -0.4 is 4.72 Å². The molecule has 0 bridgehead atoms. The maximum absolute atomic E-state index is 12.6. The van der Waals surface area contributed by atoms with E-state index in [2.05, 4.69) is 4.72 Å². The van der Waals surface area contributed by atoms with Crippen molar-refractivity contribution in [1.29, 1.82) is 0 Å². The molecule has 0 aliphatic carbocycles. The van der Waals surface area contributed by atoms with E-state index in [4.69, 9.17) is 28.3 Å². The second kappa shape index (κ2) is 8.00. The van der Waals surface area contributed by atoms with Gasteiger partial charge in [0.05, 0.1) is 22.3 Å². The minimum Gasteiger partial charge on any atom is -0.481 e. The van der Waals surface area contributed by atoms with Crippen molar-refractivity contribution in [2.45, 2.75) is 17.4 Å². The van der Waals surface area contributed by atoms with E-state index in [0.29, 0.717) is 0 Å². The van der Waals surface area contributed by atoms with E-state index in [-0.39, 0.29) is 15.6 Å². The summed E-state index contributed by atoms with van der Waals surface area (Å²) in [6.45, 7) is 0. The predicted molar refractivity (Wildman–Crippen MR) is 94.9 cm³/mol. The molecule has 2 rings (SSSR count). The largest absolute Gasteiger partial charge is 0.481 e. The molecule has 0 aliphatic heterocycles. The Labute approximate surface area is 158 Å². The van der Waals surface area contributed by atoms with Gasteiger partial charge in [0.2, 0.25) is 10.0 Å². The first kappa shape index (κ1) is 20.1. The van der Waals surface area contributed by atoms with Crippen molar-refractivity contribution >= 4 is 44.9 Å². The standard InChI is InChI=1S/C15H12Cl2N2O6S/c16-11-4-2-1-3-10(11)13(8-15(20)21)18-26(24,25)9-5-6-12(17)14(7-9)19(22)23/h1-7,13,18H,8H2,(H,20,21)/t13-/m0/s1. The first-order valence-electron chi connectivity index (χ1n) is 7.04. The highest BCUT2D eigenvalue weighted by Crippen LogP contribution is 2.30. The maximum atomic E-state index is 12.6. The molecule has 138 valence electrons. The molecule has 0 amide bonds. The van der Waals surface area contributed by atoms with Gasteiger partial charge in [-0.3, -0.25) is 14.9 Å². The summed E-state index contributed by atoms with van der Waals surface area (Å²) in [5.41, 5.74) is -0.314. The molecule has 8 nitrogen and oxygen atoms in total. The number of benzene rings is 2. The van der Waals surface area contributed by atoms with Crippen molar-refractivity contribution in [3.8, 4) is 0 Å². The molecule has 11 heteroatoms. The van der Waals surface area contributed by atoms with E-state index in [1.54, 1.807) is 12.1 Å². The SMILES string of the molecule is O=C(O)C[C@H](NS(=O)(=O)c1ccc(Cl)c([N+](=O)[O-])c1)c1ccccc1Cl. The quantitative estimate of drug-likeness (QED) is 0.523. The number of halogens is 2. The summed E-state index contributed by atoms with van der Waals surface area (Å²) in [4.78, 5) is 20.8. The van der Waals surface area contributed by atoms with E-state index in [0.717, 1.165) is 18.2 Å². The van der Waals surface area contributed by atoms with Crippen molar-refractivity contribution in [3.63, 3.8) is 0 Å². The summed E-state index contributed by atoms with van der Waals surface area (Å²) in [5.74, 6) is -1.25. The average molecular weight is 419 g/mol. The van der Waals surface area contributed by atoms with Crippen molar-refractivity contribution in [2.75, 3.05) is 0 Å². The van der Waals surface area contributed by atoms with Gasteiger partial charge in [0, 0.05) is 11.1 Å². The molecular formula is C15H12Cl2N2O6S. The fourth-order valence-electron chi connectivity index (χ4n) is 2.20. The Bertz CT molecular complexity index is 964. The van der Waals surface area contributed by atoms with E-state index < -0.39 is 44.0 Å². The molecule has 0 spiro atoms. The highest BCUT2D eigenvalue weighted by Gasteiger charge is 2.27. The lowest BCUT2D eigenvalue weighted by molar-refractivity contribution is -0.384. The molecule has 26 heavy (non-hydrogen) atoms. The highest BCUT2D eigenvalue weighted by atomic mass is 35.5. The lowest BCUT2D eigenvalue weighted by Gasteiger charge is -2.18. The Morgan fingerprint density at radius 3 is 2.42 bits per heavy atom. The van der Waals surface area contributed by atoms with Gasteiger partial charge >= 0.3 is 5.97 Å². The second-order valence-electron chi connectivity index (χ2n) is 5.16. The molecule has 0 fully saturated rings. The van der Waals surface area contributed by atoms with E-state index in [9.17, 15) is 23.3 Å². The molecule has 2 aromatic carbocycles. The van der Waals surface area contributed by atoms with Gasteiger partial charge in [-0.15, -0.1) is 0 Å². The molecule has 2 aromatic rings. The van der Waals surface area contributed by atoms with Crippen molar-refractivity contribution in [3.05, 3.63) is 68.2 Å². The lowest BCUT2D eigenvalue weighted by atomic mass is 10.1. The van der Waals surface area contributed by atoms with Gasteiger partial charge < -0.3 is 5.11 Å². The number of hydrogen-bond donors (Lipinski definition) is 2.